The van der Waals surface area contributed by atoms with Crippen LogP contribution in [0, 0.1) is 5.82 Å². The molecule has 0 aliphatic rings. The lowest BCUT2D eigenvalue weighted by atomic mass is 9.85. The maximum atomic E-state index is 13.3. The Hall–Kier alpha value is -1.09. The minimum atomic E-state index is -0.871. The molecule has 1 nitrogen and oxygen atoms in total. The van der Waals surface area contributed by atoms with Crippen LogP contribution >= 0.6 is 23.2 Å². The van der Waals surface area contributed by atoms with Gasteiger partial charge in [-0.2, -0.15) is 0 Å². The van der Waals surface area contributed by atoms with Crippen molar-refractivity contribution in [3.05, 3.63) is 69.5 Å². The van der Waals surface area contributed by atoms with Crippen LogP contribution in [0.1, 0.15) is 18.1 Å². The van der Waals surface area contributed by atoms with Crippen LogP contribution in [0.5, 0.6) is 0 Å². The fraction of sp³-hybridized carbons (Fsp3) is 0.143. The lowest BCUT2D eigenvalue weighted by Gasteiger charge is -2.27. The highest BCUT2D eigenvalue weighted by Crippen LogP contribution is 2.32. The minimum absolute atomic E-state index is 0.361. The van der Waals surface area contributed by atoms with Gasteiger partial charge in [-0.05, 0) is 48.4 Å². The first-order chi connectivity index (χ1) is 8.41. The van der Waals surface area contributed by atoms with Crippen molar-refractivity contribution in [3.8, 4) is 0 Å². The molecule has 0 fully saturated rings. The second-order valence-electron chi connectivity index (χ2n) is 4.33. The van der Waals surface area contributed by atoms with Crippen molar-refractivity contribution in [2.24, 2.45) is 5.73 Å². The van der Waals surface area contributed by atoms with Crippen LogP contribution in [0.4, 0.5) is 4.39 Å². The van der Waals surface area contributed by atoms with Gasteiger partial charge in [0, 0.05) is 10.0 Å². The molecule has 0 spiro atoms. The van der Waals surface area contributed by atoms with E-state index in [1.165, 1.54) is 18.2 Å². The van der Waals surface area contributed by atoms with Gasteiger partial charge in [0.15, 0.2) is 0 Å². The number of benzene rings is 2. The fourth-order valence-electron chi connectivity index (χ4n) is 1.85. The molecule has 0 saturated heterocycles. The van der Waals surface area contributed by atoms with Gasteiger partial charge in [-0.3, -0.25) is 0 Å². The molecular weight excluding hydrogens is 272 g/mol. The van der Waals surface area contributed by atoms with E-state index >= 15 is 0 Å². The molecule has 0 amide bonds. The summed E-state index contributed by atoms with van der Waals surface area (Å²) in [4.78, 5) is 0. The van der Waals surface area contributed by atoms with Crippen LogP contribution in [0.15, 0.2) is 42.5 Å². The average Bonchev–Trinajstić information content (AvgIpc) is 2.32. The molecule has 1 atom stereocenters. The van der Waals surface area contributed by atoms with Crippen molar-refractivity contribution in [2.45, 2.75) is 12.5 Å². The molecule has 0 bridgehead atoms. The molecule has 0 aromatic heterocycles. The lowest BCUT2D eigenvalue weighted by Crippen LogP contribution is -2.34. The van der Waals surface area contributed by atoms with Crippen LogP contribution in [0.25, 0.3) is 0 Å². The first-order valence-electron chi connectivity index (χ1n) is 5.42. The highest BCUT2D eigenvalue weighted by Gasteiger charge is 2.26. The van der Waals surface area contributed by atoms with Gasteiger partial charge >= 0.3 is 0 Å². The minimum Gasteiger partial charge on any atom is -0.318 e. The largest absolute Gasteiger partial charge is 0.318 e. The van der Waals surface area contributed by atoms with Gasteiger partial charge in [0.05, 0.1) is 5.54 Å². The van der Waals surface area contributed by atoms with Crippen molar-refractivity contribution in [3.63, 3.8) is 0 Å². The molecule has 18 heavy (non-hydrogen) atoms. The number of nitrogens with two attached hydrogens (primary N) is 1. The van der Waals surface area contributed by atoms with Crippen molar-refractivity contribution >= 4 is 23.2 Å². The van der Waals surface area contributed by atoms with E-state index in [1.54, 1.807) is 19.1 Å². The fourth-order valence-corrected chi connectivity index (χ4v) is 2.29. The molecule has 0 saturated carbocycles. The normalized spacial score (nSPS) is 14.3. The Morgan fingerprint density at radius 1 is 1.06 bits per heavy atom. The molecule has 0 heterocycles. The highest BCUT2D eigenvalue weighted by atomic mass is 35.5. The summed E-state index contributed by atoms with van der Waals surface area (Å²) in [6.45, 7) is 1.79. The molecule has 2 aromatic carbocycles. The molecule has 94 valence electrons. The van der Waals surface area contributed by atoms with Gasteiger partial charge in [0.25, 0.3) is 0 Å². The SMILES string of the molecule is CC(N)(c1ccc(Cl)cc1)c1cc(F)ccc1Cl. The Kier molecular flexibility index (Phi) is 3.62. The summed E-state index contributed by atoms with van der Waals surface area (Å²) in [5.41, 5.74) is 6.78. The molecule has 0 aliphatic carbocycles. The highest BCUT2D eigenvalue weighted by molar-refractivity contribution is 6.31. The zero-order chi connectivity index (χ0) is 13.3. The van der Waals surface area contributed by atoms with E-state index in [0.717, 1.165) is 5.56 Å². The maximum absolute atomic E-state index is 13.3. The van der Waals surface area contributed by atoms with Crippen LogP contribution in [0.3, 0.4) is 0 Å². The van der Waals surface area contributed by atoms with E-state index in [9.17, 15) is 4.39 Å². The molecule has 2 N–H and O–H groups in total. The number of hydrogen-bond donors (Lipinski definition) is 1. The first kappa shape index (κ1) is 13.3. The number of rotatable bonds is 2. The zero-order valence-corrected chi connectivity index (χ0v) is 11.3. The van der Waals surface area contributed by atoms with Crippen LogP contribution in [-0.2, 0) is 5.54 Å². The summed E-state index contributed by atoms with van der Waals surface area (Å²) in [5.74, 6) is -0.361. The number of halogens is 3. The maximum Gasteiger partial charge on any atom is 0.123 e. The van der Waals surface area contributed by atoms with Crippen molar-refractivity contribution in [1.82, 2.24) is 0 Å². The molecule has 2 aromatic rings. The van der Waals surface area contributed by atoms with Gasteiger partial charge in [-0.15, -0.1) is 0 Å². The molecule has 4 heteroatoms. The predicted molar refractivity (Wildman–Crippen MR) is 73.5 cm³/mol. The Bertz CT molecular complexity index is 565. The predicted octanol–water partition coefficient (Wildman–Crippen LogP) is 4.35. The second kappa shape index (κ2) is 4.88. The second-order valence-corrected chi connectivity index (χ2v) is 5.18. The van der Waals surface area contributed by atoms with Crippen molar-refractivity contribution in [1.29, 1.82) is 0 Å². The summed E-state index contributed by atoms with van der Waals surface area (Å²) < 4.78 is 13.3. The monoisotopic (exact) mass is 283 g/mol. The van der Waals surface area contributed by atoms with Gasteiger partial charge in [0.2, 0.25) is 0 Å². The van der Waals surface area contributed by atoms with Crippen LogP contribution in [-0.4, -0.2) is 0 Å². The van der Waals surface area contributed by atoms with E-state index in [2.05, 4.69) is 0 Å². The third kappa shape index (κ3) is 2.51. The number of hydrogen-bond acceptors (Lipinski definition) is 1. The summed E-state index contributed by atoms with van der Waals surface area (Å²) in [7, 11) is 0. The summed E-state index contributed by atoms with van der Waals surface area (Å²) in [5, 5.41) is 1.07. The van der Waals surface area contributed by atoms with E-state index in [4.69, 9.17) is 28.9 Å². The van der Waals surface area contributed by atoms with Crippen molar-refractivity contribution < 1.29 is 4.39 Å². The van der Waals surface area contributed by atoms with E-state index in [1.807, 2.05) is 12.1 Å². The van der Waals surface area contributed by atoms with Crippen LogP contribution < -0.4 is 5.73 Å². The molecular formula is C14H12Cl2FN. The van der Waals surface area contributed by atoms with E-state index in [-0.39, 0.29) is 5.82 Å². The van der Waals surface area contributed by atoms with Gasteiger partial charge in [0.1, 0.15) is 5.82 Å². The average molecular weight is 284 g/mol. The van der Waals surface area contributed by atoms with Gasteiger partial charge < -0.3 is 5.73 Å². The molecule has 2 rings (SSSR count). The quantitative estimate of drug-likeness (QED) is 0.871. The standard InChI is InChI=1S/C14H12Cl2FN/c1-14(18,9-2-4-10(15)5-3-9)12-8-11(17)6-7-13(12)16/h2-8H,18H2,1H3. The Morgan fingerprint density at radius 2 is 1.67 bits per heavy atom. The third-order valence-electron chi connectivity index (χ3n) is 2.93. The van der Waals surface area contributed by atoms with Crippen LogP contribution in [0.2, 0.25) is 10.0 Å². The van der Waals surface area contributed by atoms with E-state index < -0.39 is 5.54 Å². The topological polar surface area (TPSA) is 26.0 Å². The lowest BCUT2D eigenvalue weighted by molar-refractivity contribution is 0.582. The first-order valence-corrected chi connectivity index (χ1v) is 6.17. The summed E-state index contributed by atoms with van der Waals surface area (Å²) in [6.07, 6.45) is 0. The van der Waals surface area contributed by atoms with Gasteiger partial charge in [-0.1, -0.05) is 35.3 Å². The zero-order valence-electron chi connectivity index (χ0n) is 9.75. The summed E-state index contributed by atoms with van der Waals surface area (Å²) >= 11 is 11.9. The Labute approximate surface area is 115 Å². The third-order valence-corrected chi connectivity index (χ3v) is 3.51. The van der Waals surface area contributed by atoms with Crippen molar-refractivity contribution in [2.75, 3.05) is 0 Å². The Morgan fingerprint density at radius 3 is 2.28 bits per heavy atom. The summed E-state index contributed by atoms with van der Waals surface area (Å²) in [6, 6.07) is 11.3. The Balaban J connectivity index is 2.53. The smallest absolute Gasteiger partial charge is 0.123 e. The molecule has 1 unspecified atom stereocenters. The van der Waals surface area contributed by atoms with Gasteiger partial charge in [-0.25, -0.2) is 4.39 Å². The molecule has 0 radical (unpaired) electrons. The van der Waals surface area contributed by atoms with E-state index in [0.29, 0.717) is 15.6 Å². The molecule has 0 aliphatic heterocycles.